The molecule has 0 aromatic heterocycles. The van der Waals surface area contributed by atoms with Gasteiger partial charge in [-0.2, -0.15) is 0 Å². The Kier molecular flexibility index (Phi) is 7.78. The first-order chi connectivity index (χ1) is 17.5. The maximum atomic E-state index is 13.8. The molecule has 1 fully saturated rings. The van der Waals surface area contributed by atoms with E-state index in [4.69, 9.17) is 21.1 Å². The fourth-order valence-electron chi connectivity index (χ4n) is 5.01. The predicted octanol–water partition coefficient (Wildman–Crippen LogP) is 6.64. The number of rotatable bonds is 7. The van der Waals surface area contributed by atoms with Crippen molar-refractivity contribution in [3.05, 3.63) is 69.8 Å². The molecule has 0 radical (unpaired) electrons. The van der Waals surface area contributed by atoms with Crippen LogP contribution < -0.4 is 4.74 Å². The largest absolute Gasteiger partial charge is 0.489 e. The van der Waals surface area contributed by atoms with Gasteiger partial charge in [0.05, 0.1) is 18.2 Å². The number of hydrogen-bond acceptors (Lipinski definition) is 4. The van der Waals surface area contributed by atoms with E-state index in [0.717, 1.165) is 35.3 Å². The Morgan fingerprint density at radius 2 is 1.76 bits per heavy atom. The number of carbonyl (C=O) groups is 2. The number of amides is 1. The zero-order valence-corrected chi connectivity index (χ0v) is 21.8. The van der Waals surface area contributed by atoms with Crippen LogP contribution in [0.1, 0.15) is 57.6 Å². The van der Waals surface area contributed by atoms with Crippen LogP contribution in [0.2, 0.25) is 5.02 Å². The number of fused-ring (bicyclic) bond motifs is 2. The molecule has 1 N–H and O–H groups in total. The molecule has 9 heteroatoms. The van der Waals surface area contributed by atoms with E-state index in [1.807, 2.05) is 24.3 Å². The highest BCUT2D eigenvalue weighted by Gasteiger charge is 2.47. The first-order valence-corrected chi connectivity index (χ1v) is 12.7. The summed E-state index contributed by atoms with van der Waals surface area (Å²) in [7, 11) is 0. The molecule has 37 heavy (non-hydrogen) atoms. The molecular formula is C28H30ClF2NO5. The second-order valence-electron chi connectivity index (χ2n) is 10.4. The Hall–Kier alpha value is -3.13. The van der Waals surface area contributed by atoms with Crippen molar-refractivity contribution in [2.45, 2.75) is 70.6 Å². The monoisotopic (exact) mass is 533 g/mol. The van der Waals surface area contributed by atoms with Crippen molar-refractivity contribution in [1.29, 1.82) is 0 Å². The van der Waals surface area contributed by atoms with Crippen LogP contribution in [0, 0.1) is 11.6 Å². The molecule has 1 saturated heterocycles. The summed E-state index contributed by atoms with van der Waals surface area (Å²) in [6.45, 7) is 5.52. The lowest BCUT2D eigenvalue weighted by Crippen LogP contribution is -2.48. The van der Waals surface area contributed by atoms with Gasteiger partial charge < -0.3 is 14.6 Å². The fourth-order valence-corrected chi connectivity index (χ4v) is 5.22. The Morgan fingerprint density at radius 1 is 1.08 bits per heavy atom. The molecule has 198 valence electrons. The smallest absolute Gasteiger partial charge is 0.411 e. The third kappa shape index (κ3) is 5.90. The standard InChI is InChI=1S/C28H30ClF2NO5/c1-28(2,3)37-27(35)32-18-10-13-22(32)23(26(33)34)19(15-18)17-8-6-16(7-9-17)5-4-14-36-25-21(31)12-11-20(30)24(25)29/h6-9,11-12,18,22H,4-5,10,13-15H2,1-3H3,(H,33,34)/t18-,22?/m0/s1. The number of ether oxygens (including phenoxy) is 2. The van der Waals surface area contributed by atoms with E-state index in [-0.39, 0.29) is 29.0 Å². The van der Waals surface area contributed by atoms with E-state index in [1.54, 1.807) is 25.7 Å². The summed E-state index contributed by atoms with van der Waals surface area (Å²) in [5.74, 6) is -2.78. The second-order valence-corrected chi connectivity index (χ2v) is 10.7. The summed E-state index contributed by atoms with van der Waals surface area (Å²) in [6.07, 6.45) is 2.45. The minimum atomic E-state index is -1.03. The molecule has 0 aliphatic carbocycles. The lowest BCUT2D eigenvalue weighted by Gasteiger charge is -2.37. The summed E-state index contributed by atoms with van der Waals surface area (Å²) in [5, 5.41) is 9.68. The van der Waals surface area contributed by atoms with Crippen molar-refractivity contribution in [2.75, 3.05) is 6.61 Å². The van der Waals surface area contributed by atoms with Crippen molar-refractivity contribution in [1.82, 2.24) is 4.90 Å². The third-order valence-electron chi connectivity index (χ3n) is 6.60. The van der Waals surface area contributed by atoms with Crippen LogP contribution in [-0.2, 0) is 16.0 Å². The molecule has 6 nitrogen and oxygen atoms in total. The van der Waals surface area contributed by atoms with Gasteiger partial charge in [-0.15, -0.1) is 0 Å². The van der Waals surface area contributed by atoms with Gasteiger partial charge in [-0.1, -0.05) is 35.9 Å². The van der Waals surface area contributed by atoms with Crippen LogP contribution in [0.25, 0.3) is 5.57 Å². The highest BCUT2D eigenvalue weighted by molar-refractivity contribution is 6.32. The number of carbonyl (C=O) groups excluding carboxylic acids is 1. The van der Waals surface area contributed by atoms with Crippen molar-refractivity contribution < 1.29 is 33.0 Å². The normalized spacial score (nSPS) is 19.2. The van der Waals surface area contributed by atoms with Gasteiger partial charge in [0.1, 0.15) is 16.4 Å². The number of aryl methyl sites for hydroxylation is 1. The van der Waals surface area contributed by atoms with Crippen LogP contribution in [0.3, 0.4) is 0 Å². The van der Waals surface area contributed by atoms with Crippen molar-refractivity contribution in [3.63, 3.8) is 0 Å². The summed E-state index contributed by atoms with van der Waals surface area (Å²) in [4.78, 5) is 26.7. The Bertz CT molecular complexity index is 1220. The van der Waals surface area contributed by atoms with E-state index in [2.05, 4.69) is 0 Å². The van der Waals surface area contributed by atoms with E-state index in [1.165, 1.54) is 0 Å². The van der Waals surface area contributed by atoms with Crippen molar-refractivity contribution in [3.8, 4) is 5.75 Å². The molecule has 0 saturated carbocycles. The molecule has 2 aliphatic heterocycles. The maximum absolute atomic E-state index is 13.8. The van der Waals surface area contributed by atoms with Crippen LogP contribution in [-0.4, -0.2) is 46.4 Å². The number of hydrogen-bond donors (Lipinski definition) is 1. The molecule has 2 aromatic carbocycles. The molecule has 1 unspecified atom stereocenters. The van der Waals surface area contributed by atoms with E-state index < -0.39 is 35.3 Å². The number of carboxylic acid groups (broad SMARTS) is 1. The van der Waals surface area contributed by atoms with Gasteiger partial charge in [-0.05, 0) is 81.7 Å². The molecule has 1 amide bonds. The predicted molar refractivity (Wildman–Crippen MR) is 136 cm³/mol. The number of nitrogens with zero attached hydrogens (tertiary/aromatic N) is 1. The van der Waals surface area contributed by atoms with Crippen LogP contribution in [0.4, 0.5) is 13.6 Å². The van der Waals surface area contributed by atoms with Gasteiger partial charge >= 0.3 is 12.1 Å². The van der Waals surface area contributed by atoms with E-state index in [0.29, 0.717) is 25.7 Å². The van der Waals surface area contributed by atoms with E-state index >= 15 is 0 Å². The highest BCUT2D eigenvalue weighted by Crippen LogP contribution is 2.43. The Morgan fingerprint density at radius 3 is 2.41 bits per heavy atom. The molecule has 2 aromatic rings. The molecular weight excluding hydrogens is 504 g/mol. The van der Waals surface area contributed by atoms with E-state index in [9.17, 15) is 23.5 Å². The van der Waals surface area contributed by atoms with Gasteiger partial charge in [0.2, 0.25) is 0 Å². The summed E-state index contributed by atoms with van der Waals surface area (Å²) < 4.78 is 38.3. The average Bonchev–Trinajstić information content (AvgIpc) is 3.13. The number of benzene rings is 2. The van der Waals surface area contributed by atoms with Gasteiger partial charge in [0.15, 0.2) is 11.6 Å². The molecule has 2 heterocycles. The zero-order valence-electron chi connectivity index (χ0n) is 21.0. The fraction of sp³-hybridized carbons (Fsp3) is 0.429. The SMILES string of the molecule is CC(C)(C)OC(=O)N1C2CC[C@H]1CC(c1ccc(CCCOc3c(F)ccc(F)c3Cl)cc1)=C2C(=O)O. The minimum absolute atomic E-state index is 0.107. The maximum Gasteiger partial charge on any atom is 0.411 e. The first-order valence-electron chi connectivity index (χ1n) is 12.3. The summed E-state index contributed by atoms with van der Waals surface area (Å²) in [6, 6.07) is 8.90. The molecule has 0 spiro atoms. The lowest BCUT2D eigenvalue weighted by molar-refractivity contribution is -0.133. The van der Waals surface area contributed by atoms with Crippen molar-refractivity contribution >= 4 is 29.2 Å². The average molecular weight is 534 g/mol. The minimum Gasteiger partial charge on any atom is -0.489 e. The first kappa shape index (κ1) is 26.9. The number of carboxylic acids is 1. The van der Waals surface area contributed by atoms with Gasteiger partial charge in [0.25, 0.3) is 0 Å². The van der Waals surface area contributed by atoms with Gasteiger partial charge in [-0.25, -0.2) is 18.4 Å². The van der Waals surface area contributed by atoms with Crippen molar-refractivity contribution in [2.24, 2.45) is 0 Å². The summed E-state index contributed by atoms with van der Waals surface area (Å²) in [5.41, 5.74) is 2.12. The van der Waals surface area contributed by atoms with Crippen LogP contribution in [0.15, 0.2) is 42.0 Å². The third-order valence-corrected chi connectivity index (χ3v) is 6.95. The Balaban J connectivity index is 1.44. The molecule has 4 rings (SSSR count). The molecule has 2 aliphatic rings. The summed E-state index contributed by atoms with van der Waals surface area (Å²) >= 11 is 5.78. The lowest BCUT2D eigenvalue weighted by atomic mass is 9.88. The second kappa shape index (κ2) is 10.7. The number of aliphatic carboxylic acids is 1. The molecule has 2 atom stereocenters. The van der Waals surface area contributed by atoms with Gasteiger partial charge in [0, 0.05) is 6.04 Å². The number of halogens is 3. The Labute approximate surface area is 219 Å². The zero-order chi connectivity index (χ0) is 26.9. The highest BCUT2D eigenvalue weighted by atomic mass is 35.5. The van der Waals surface area contributed by atoms with Gasteiger partial charge in [-0.3, -0.25) is 4.90 Å². The quantitative estimate of drug-likeness (QED) is 0.319. The molecule has 2 bridgehead atoms. The van der Waals surface area contributed by atoms with Crippen LogP contribution >= 0.6 is 11.6 Å². The van der Waals surface area contributed by atoms with Crippen LogP contribution in [0.5, 0.6) is 5.75 Å². The topological polar surface area (TPSA) is 76.1 Å².